The first kappa shape index (κ1) is 25.2. The number of rotatable bonds is 4. The second-order valence-electron chi connectivity index (χ2n) is 11.2. The molecule has 2 aromatic rings. The number of hydrogen-bond donors (Lipinski definition) is 1. The maximum absolute atomic E-state index is 14.6. The van der Waals surface area contributed by atoms with Crippen LogP contribution in [0.1, 0.15) is 20.8 Å². The number of amides is 2. The van der Waals surface area contributed by atoms with Crippen LogP contribution in [-0.2, 0) is 19.1 Å². The predicted octanol–water partition coefficient (Wildman–Crippen LogP) is 3.56. The van der Waals surface area contributed by atoms with Crippen molar-refractivity contribution >= 4 is 46.0 Å². The van der Waals surface area contributed by atoms with Gasteiger partial charge >= 0.3 is 5.97 Å². The molecule has 0 aliphatic carbocycles. The van der Waals surface area contributed by atoms with Crippen molar-refractivity contribution in [2.24, 2.45) is 17.8 Å². The Hall–Kier alpha value is -3.10. The van der Waals surface area contributed by atoms with E-state index in [4.69, 9.17) is 4.74 Å². The van der Waals surface area contributed by atoms with Crippen molar-refractivity contribution < 1.29 is 24.2 Å². The molecule has 6 atom stereocenters. The van der Waals surface area contributed by atoms with Crippen LogP contribution in [0.15, 0.2) is 66.8 Å². The summed E-state index contributed by atoms with van der Waals surface area (Å²) in [6.45, 7) is 6.08. The normalized spacial score (nSPS) is 33.2. The lowest BCUT2D eigenvalue weighted by Crippen LogP contribution is -2.58. The number of ether oxygens (including phenoxy) is 1. The van der Waals surface area contributed by atoms with Gasteiger partial charge in [0.2, 0.25) is 5.91 Å². The average molecular weight is 533 g/mol. The van der Waals surface area contributed by atoms with Gasteiger partial charge in [-0.15, -0.1) is 11.8 Å². The van der Waals surface area contributed by atoms with Gasteiger partial charge in [0.15, 0.2) is 0 Å². The number of anilines is 1. The number of carbonyl (C=O) groups is 3. The van der Waals surface area contributed by atoms with Crippen LogP contribution >= 0.6 is 11.8 Å². The third-order valence-electron chi connectivity index (χ3n) is 8.61. The summed E-state index contributed by atoms with van der Waals surface area (Å²) in [4.78, 5) is 45.6. The van der Waals surface area contributed by atoms with Crippen LogP contribution < -0.4 is 4.90 Å². The monoisotopic (exact) mass is 532 g/mol. The molecule has 198 valence electrons. The highest BCUT2D eigenvalue weighted by Gasteiger charge is 2.74. The largest absolute Gasteiger partial charge is 0.461 e. The van der Waals surface area contributed by atoms with Gasteiger partial charge in [-0.2, -0.15) is 0 Å². The fourth-order valence-corrected chi connectivity index (χ4v) is 8.99. The lowest BCUT2D eigenvalue weighted by molar-refractivity contribution is -0.153. The molecular weight excluding hydrogens is 500 g/mol. The van der Waals surface area contributed by atoms with Crippen LogP contribution in [0.25, 0.3) is 10.8 Å². The van der Waals surface area contributed by atoms with Gasteiger partial charge in [0.05, 0.1) is 29.2 Å². The van der Waals surface area contributed by atoms with E-state index in [2.05, 4.69) is 0 Å². The number of likely N-dealkylation sites (tertiary alicyclic amines) is 1. The molecule has 2 fully saturated rings. The molecule has 0 saturated carbocycles. The highest BCUT2D eigenvalue weighted by atomic mass is 32.2. The van der Waals surface area contributed by atoms with Gasteiger partial charge in [-0.05, 0) is 41.8 Å². The number of benzene rings is 2. The van der Waals surface area contributed by atoms with Crippen LogP contribution in [0, 0.1) is 17.8 Å². The van der Waals surface area contributed by atoms with E-state index >= 15 is 0 Å². The van der Waals surface area contributed by atoms with Crippen molar-refractivity contribution in [3.8, 4) is 0 Å². The standard InChI is InChI=1S/C30H32N2O5S/c1-18(2)22(17-33)32-25-27(35)31(21-11-10-19-8-4-5-9-20(19)16-21)14-6-13-30(25)23(26(32)34)24-28(36)37-15-7-12-29(24,3)38-30/h4-13,16,18,22-25,33H,14-15,17H2,1-3H3/t22-,23-,24-,25?,29+,30-/m0/s1. The van der Waals surface area contributed by atoms with E-state index in [1.165, 1.54) is 11.8 Å². The number of nitrogens with zero attached hydrogens (tertiary/aromatic N) is 2. The van der Waals surface area contributed by atoms with E-state index < -0.39 is 39.4 Å². The molecule has 4 aliphatic rings. The molecule has 8 heteroatoms. The number of fused-ring (bicyclic) bond motifs is 3. The van der Waals surface area contributed by atoms with Crippen LogP contribution in [-0.4, -0.2) is 69.1 Å². The predicted molar refractivity (Wildman–Crippen MR) is 148 cm³/mol. The average Bonchev–Trinajstić information content (AvgIpc) is 3.15. The molecule has 0 aromatic heterocycles. The van der Waals surface area contributed by atoms with Gasteiger partial charge in [0.1, 0.15) is 12.6 Å². The summed E-state index contributed by atoms with van der Waals surface area (Å²) in [6.07, 6.45) is 7.73. The summed E-state index contributed by atoms with van der Waals surface area (Å²) in [5.41, 5.74) is 0.749. The fraction of sp³-hybridized carbons (Fsp3) is 0.433. The van der Waals surface area contributed by atoms with Crippen molar-refractivity contribution in [1.82, 2.24) is 4.90 Å². The maximum atomic E-state index is 14.6. The first-order valence-corrected chi connectivity index (χ1v) is 14.0. The third kappa shape index (κ3) is 3.49. The molecule has 1 unspecified atom stereocenters. The molecule has 1 N–H and O–H groups in total. The Kier molecular flexibility index (Phi) is 5.96. The summed E-state index contributed by atoms with van der Waals surface area (Å²) >= 11 is 1.51. The number of aliphatic hydroxyl groups excluding tert-OH is 1. The number of hydrogen-bond acceptors (Lipinski definition) is 6. The topological polar surface area (TPSA) is 87.2 Å². The highest BCUT2D eigenvalue weighted by molar-refractivity contribution is 8.02. The lowest BCUT2D eigenvalue weighted by Gasteiger charge is -2.40. The Balaban J connectivity index is 1.52. The molecule has 0 bridgehead atoms. The van der Waals surface area contributed by atoms with Crippen LogP contribution in [0.3, 0.4) is 0 Å². The third-order valence-corrected chi connectivity index (χ3v) is 10.4. The molecular formula is C30H32N2O5S. The quantitative estimate of drug-likeness (QED) is 0.479. The van der Waals surface area contributed by atoms with Crippen molar-refractivity contribution in [3.63, 3.8) is 0 Å². The Morgan fingerprint density at radius 3 is 2.53 bits per heavy atom. The fourth-order valence-electron chi connectivity index (χ4n) is 6.85. The van der Waals surface area contributed by atoms with E-state index in [1.54, 1.807) is 9.80 Å². The van der Waals surface area contributed by atoms with E-state index in [0.717, 1.165) is 16.5 Å². The summed E-state index contributed by atoms with van der Waals surface area (Å²) < 4.78 is 3.82. The number of thioether (sulfide) groups is 1. The van der Waals surface area contributed by atoms with E-state index in [1.807, 2.05) is 87.5 Å². The Morgan fingerprint density at radius 1 is 1.03 bits per heavy atom. The highest BCUT2D eigenvalue weighted by Crippen LogP contribution is 2.65. The SMILES string of the molecule is CC(C)[C@H](CO)N1C(=O)[C@@H]2[C@H]3C(=O)OCC=C[C@@]3(C)S[C@@]23C=CCN(c2ccc4ccccc4c2)C(=O)C13. The molecule has 4 aliphatic heterocycles. The summed E-state index contributed by atoms with van der Waals surface area (Å²) in [5, 5.41) is 12.5. The summed E-state index contributed by atoms with van der Waals surface area (Å²) in [6, 6.07) is 12.5. The molecule has 1 spiro atoms. The van der Waals surface area contributed by atoms with Gasteiger partial charge in [-0.1, -0.05) is 62.4 Å². The molecule has 2 aromatic carbocycles. The second-order valence-corrected chi connectivity index (χ2v) is 12.9. The minimum atomic E-state index is -0.970. The minimum absolute atomic E-state index is 0.0913. The maximum Gasteiger partial charge on any atom is 0.311 e. The molecule has 2 amide bonds. The molecule has 6 rings (SSSR count). The molecule has 2 saturated heterocycles. The van der Waals surface area contributed by atoms with Crippen molar-refractivity contribution in [2.45, 2.75) is 42.3 Å². The number of carbonyl (C=O) groups excluding carboxylic acids is 3. The number of esters is 1. The Morgan fingerprint density at radius 2 is 1.79 bits per heavy atom. The zero-order chi connectivity index (χ0) is 26.8. The molecule has 0 radical (unpaired) electrons. The van der Waals surface area contributed by atoms with Crippen LogP contribution in [0.5, 0.6) is 0 Å². The van der Waals surface area contributed by atoms with Gasteiger partial charge in [-0.3, -0.25) is 14.4 Å². The molecule has 38 heavy (non-hydrogen) atoms. The summed E-state index contributed by atoms with van der Waals surface area (Å²) in [7, 11) is 0. The van der Waals surface area contributed by atoms with E-state index in [0.29, 0.717) is 6.54 Å². The van der Waals surface area contributed by atoms with E-state index in [9.17, 15) is 19.5 Å². The van der Waals surface area contributed by atoms with E-state index in [-0.39, 0.29) is 30.9 Å². The lowest BCUT2D eigenvalue weighted by atomic mass is 9.75. The van der Waals surface area contributed by atoms with Gasteiger partial charge in [0.25, 0.3) is 5.91 Å². The zero-order valence-electron chi connectivity index (χ0n) is 21.7. The Labute approximate surface area is 226 Å². The van der Waals surface area contributed by atoms with Gasteiger partial charge < -0.3 is 19.6 Å². The van der Waals surface area contributed by atoms with Crippen molar-refractivity contribution in [2.75, 3.05) is 24.7 Å². The van der Waals surface area contributed by atoms with Crippen molar-refractivity contribution in [1.29, 1.82) is 0 Å². The van der Waals surface area contributed by atoms with Crippen LogP contribution in [0.2, 0.25) is 0 Å². The first-order chi connectivity index (χ1) is 18.2. The minimum Gasteiger partial charge on any atom is -0.461 e. The van der Waals surface area contributed by atoms with Gasteiger partial charge in [0, 0.05) is 17.0 Å². The Bertz CT molecular complexity index is 1390. The van der Waals surface area contributed by atoms with Crippen molar-refractivity contribution in [3.05, 3.63) is 66.8 Å². The molecule has 7 nitrogen and oxygen atoms in total. The number of aliphatic hydroxyl groups is 1. The van der Waals surface area contributed by atoms with Gasteiger partial charge in [-0.25, -0.2) is 0 Å². The zero-order valence-corrected chi connectivity index (χ0v) is 22.6. The first-order valence-electron chi connectivity index (χ1n) is 13.2. The van der Waals surface area contributed by atoms with Crippen LogP contribution in [0.4, 0.5) is 5.69 Å². The second kappa shape index (κ2) is 8.99. The molecule has 4 heterocycles. The summed E-state index contributed by atoms with van der Waals surface area (Å²) in [5.74, 6) is -2.49. The number of cyclic esters (lactones) is 1. The smallest absolute Gasteiger partial charge is 0.311 e.